The van der Waals surface area contributed by atoms with Crippen LogP contribution in [-0.4, -0.2) is 44.3 Å². The molecule has 4 rings (SSSR count). The number of carbonyl (C=O) groups excluding carboxylic acids is 2. The molecule has 0 radical (unpaired) electrons. The lowest BCUT2D eigenvalue weighted by atomic mass is 10.0. The highest BCUT2D eigenvalue weighted by atomic mass is 35.5. The Morgan fingerprint density at radius 1 is 0.804 bits per heavy atom. The summed E-state index contributed by atoms with van der Waals surface area (Å²) in [4.78, 5) is 30.0. The van der Waals surface area contributed by atoms with E-state index < -0.39 is 28.5 Å². The normalized spacial score (nSPS) is 12.1. The molecule has 0 aliphatic carbocycles. The maximum atomic E-state index is 14.6. The molecule has 1 N–H and O–H groups in total. The van der Waals surface area contributed by atoms with Gasteiger partial charge in [0.15, 0.2) is 0 Å². The topological polar surface area (TPSA) is 86.8 Å². The minimum absolute atomic E-state index is 0.0747. The van der Waals surface area contributed by atoms with Crippen LogP contribution in [0.3, 0.4) is 0 Å². The molecule has 0 aliphatic heterocycles. The Bertz CT molecular complexity index is 1740. The number of nitrogens with zero attached hydrogens (tertiary/aromatic N) is 2. The highest BCUT2D eigenvalue weighted by Crippen LogP contribution is 2.29. The summed E-state index contributed by atoms with van der Waals surface area (Å²) in [6.07, 6.45) is 0.248. The van der Waals surface area contributed by atoms with E-state index >= 15 is 0 Å². The lowest BCUT2D eigenvalue weighted by Crippen LogP contribution is -2.53. The molecule has 0 heterocycles. The Morgan fingerprint density at radius 3 is 2.04 bits per heavy atom. The standard InChI is InChI=1S/C37H42ClN3O4S/c1-26(2)23-39-37(43)35(22-30-9-7-6-8-10-30)40(24-31-14-16-32(38)17-15-31)36(42)25-41(34-20-13-28(4)21-29(34)5)46(44,45)33-18-11-27(3)12-19-33/h6-21,26,35H,22-25H2,1-5H3,(H,39,43)/t35-/m1/s1. The number of hydrogen-bond donors (Lipinski definition) is 1. The van der Waals surface area contributed by atoms with Crippen molar-refractivity contribution >= 4 is 39.1 Å². The van der Waals surface area contributed by atoms with Gasteiger partial charge in [-0.05, 0) is 73.7 Å². The first-order valence-electron chi connectivity index (χ1n) is 15.4. The molecule has 242 valence electrons. The third kappa shape index (κ3) is 8.98. The first-order chi connectivity index (χ1) is 21.8. The van der Waals surface area contributed by atoms with Crippen molar-refractivity contribution in [3.63, 3.8) is 0 Å². The van der Waals surface area contributed by atoms with Crippen LogP contribution in [0.5, 0.6) is 0 Å². The quantitative estimate of drug-likeness (QED) is 0.170. The number of aryl methyl sites for hydroxylation is 3. The molecule has 4 aromatic rings. The maximum absolute atomic E-state index is 14.6. The van der Waals surface area contributed by atoms with Crippen molar-refractivity contribution in [2.75, 3.05) is 17.4 Å². The van der Waals surface area contributed by atoms with Crippen LogP contribution in [0.4, 0.5) is 5.69 Å². The number of carbonyl (C=O) groups is 2. The molecular formula is C37H42ClN3O4S. The molecule has 0 saturated carbocycles. The molecule has 0 bridgehead atoms. The van der Waals surface area contributed by atoms with E-state index in [9.17, 15) is 18.0 Å². The smallest absolute Gasteiger partial charge is 0.264 e. The molecule has 0 aromatic heterocycles. The van der Waals surface area contributed by atoms with E-state index in [-0.39, 0.29) is 29.7 Å². The van der Waals surface area contributed by atoms with E-state index in [1.165, 1.54) is 4.90 Å². The molecule has 0 saturated heterocycles. The predicted octanol–water partition coefficient (Wildman–Crippen LogP) is 6.87. The average molecular weight is 660 g/mol. The van der Waals surface area contributed by atoms with E-state index in [1.54, 1.807) is 54.6 Å². The van der Waals surface area contributed by atoms with Crippen LogP contribution in [-0.2, 0) is 32.6 Å². The fourth-order valence-corrected chi connectivity index (χ4v) is 6.80. The van der Waals surface area contributed by atoms with Gasteiger partial charge in [0, 0.05) is 24.5 Å². The second-order valence-corrected chi connectivity index (χ2v) is 14.4. The van der Waals surface area contributed by atoms with Crippen LogP contribution in [0, 0.1) is 26.7 Å². The molecule has 46 heavy (non-hydrogen) atoms. The number of rotatable bonds is 13. The number of halogens is 1. The fourth-order valence-electron chi connectivity index (χ4n) is 5.20. The van der Waals surface area contributed by atoms with E-state index in [0.717, 1.165) is 26.6 Å². The average Bonchev–Trinajstić information content (AvgIpc) is 3.02. The Labute approximate surface area is 278 Å². The molecule has 1 atom stereocenters. The maximum Gasteiger partial charge on any atom is 0.264 e. The van der Waals surface area contributed by atoms with Crippen LogP contribution in [0.1, 0.15) is 41.7 Å². The summed E-state index contributed by atoms with van der Waals surface area (Å²) in [6, 6.07) is 27.7. The van der Waals surface area contributed by atoms with Gasteiger partial charge in [-0.1, -0.05) is 103 Å². The van der Waals surface area contributed by atoms with Crippen molar-refractivity contribution in [1.82, 2.24) is 10.2 Å². The van der Waals surface area contributed by atoms with Crippen molar-refractivity contribution < 1.29 is 18.0 Å². The largest absolute Gasteiger partial charge is 0.354 e. The van der Waals surface area contributed by atoms with Gasteiger partial charge < -0.3 is 10.2 Å². The summed E-state index contributed by atoms with van der Waals surface area (Å²) < 4.78 is 29.7. The minimum atomic E-state index is -4.17. The number of anilines is 1. The highest BCUT2D eigenvalue weighted by molar-refractivity contribution is 7.92. The minimum Gasteiger partial charge on any atom is -0.354 e. The summed E-state index contributed by atoms with van der Waals surface area (Å²) in [6.45, 7) is 9.65. The molecule has 0 fully saturated rings. The van der Waals surface area contributed by atoms with E-state index in [0.29, 0.717) is 22.8 Å². The summed E-state index contributed by atoms with van der Waals surface area (Å²) >= 11 is 6.16. The molecule has 0 aliphatic rings. The Morgan fingerprint density at radius 2 is 1.43 bits per heavy atom. The fraction of sp³-hybridized carbons (Fsp3) is 0.297. The summed E-state index contributed by atoms with van der Waals surface area (Å²) in [5, 5.41) is 3.55. The lowest BCUT2D eigenvalue weighted by Gasteiger charge is -2.34. The number of benzene rings is 4. The van der Waals surface area contributed by atoms with Crippen molar-refractivity contribution in [1.29, 1.82) is 0 Å². The van der Waals surface area contributed by atoms with Gasteiger partial charge in [0.2, 0.25) is 11.8 Å². The third-order valence-electron chi connectivity index (χ3n) is 7.73. The number of amides is 2. The first-order valence-corrected chi connectivity index (χ1v) is 17.2. The monoisotopic (exact) mass is 659 g/mol. The van der Waals surface area contributed by atoms with Crippen LogP contribution in [0.15, 0.2) is 102 Å². The zero-order valence-electron chi connectivity index (χ0n) is 27.0. The molecule has 4 aromatic carbocycles. The molecular weight excluding hydrogens is 618 g/mol. The molecule has 0 unspecified atom stereocenters. The van der Waals surface area contributed by atoms with E-state index in [1.807, 2.05) is 77.1 Å². The Kier molecular flexibility index (Phi) is 11.7. The molecule has 9 heteroatoms. The Balaban J connectivity index is 1.82. The van der Waals surface area contributed by atoms with Gasteiger partial charge in [-0.15, -0.1) is 0 Å². The summed E-state index contributed by atoms with van der Waals surface area (Å²) in [5.41, 5.74) is 4.62. The number of sulfonamides is 1. The van der Waals surface area contributed by atoms with Gasteiger partial charge in [0.1, 0.15) is 12.6 Å². The SMILES string of the molecule is Cc1ccc(S(=O)(=O)N(CC(=O)N(Cc2ccc(Cl)cc2)[C@H](Cc2ccccc2)C(=O)NCC(C)C)c2ccc(C)cc2C)cc1. The van der Waals surface area contributed by atoms with Crippen molar-refractivity contribution in [3.8, 4) is 0 Å². The third-order valence-corrected chi connectivity index (χ3v) is 9.76. The zero-order valence-corrected chi connectivity index (χ0v) is 28.6. The predicted molar refractivity (Wildman–Crippen MR) is 185 cm³/mol. The van der Waals surface area contributed by atoms with Gasteiger partial charge in [-0.25, -0.2) is 8.42 Å². The molecule has 2 amide bonds. The van der Waals surface area contributed by atoms with E-state index in [4.69, 9.17) is 11.6 Å². The van der Waals surface area contributed by atoms with Gasteiger partial charge in [-0.3, -0.25) is 13.9 Å². The molecule has 7 nitrogen and oxygen atoms in total. The van der Waals surface area contributed by atoms with Crippen molar-refractivity contribution in [3.05, 3.63) is 130 Å². The summed E-state index contributed by atoms with van der Waals surface area (Å²) in [5.74, 6) is -0.619. The van der Waals surface area contributed by atoms with Gasteiger partial charge >= 0.3 is 0 Å². The Hall–Kier alpha value is -4.14. The van der Waals surface area contributed by atoms with Gasteiger partial charge in [0.25, 0.3) is 10.0 Å². The first kappa shape index (κ1) is 34.7. The van der Waals surface area contributed by atoms with Gasteiger partial charge in [-0.2, -0.15) is 0 Å². The zero-order chi connectivity index (χ0) is 33.4. The summed E-state index contributed by atoms with van der Waals surface area (Å²) in [7, 11) is -4.17. The number of nitrogens with one attached hydrogen (secondary N) is 1. The highest BCUT2D eigenvalue weighted by Gasteiger charge is 2.35. The van der Waals surface area contributed by atoms with E-state index in [2.05, 4.69) is 5.32 Å². The second kappa shape index (κ2) is 15.4. The van der Waals surface area contributed by atoms with Crippen LogP contribution in [0.2, 0.25) is 5.02 Å². The van der Waals surface area contributed by atoms with Crippen molar-refractivity contribution in [2.45, 2.75) is 58.5 Å². The van der Waals surface area contributed by atoms with Crippen LogP contribution < -0.4 is 9.62 Å². The van der Waals surface area contributed by atoms with Crippen LogP contribution >= 0.6 is 11.6 Å². The lowest BCUT2D eigenvalue weighted by molar-refractivity contribution is -0.140. The van der Waals surface area contributed by atoms with Crippen LogP contribution in [0.25, 0.3) is 0 Å². The second-order valence-electron chi connectivity index (χ2n) is 12.1. The number of hydrogen-bond acceptors (Lipinski definition) is 4. The van der Waals surface area contributed by atoms with Gasteiger partial charge in [0.05, 0.1) is 10.6 Å². The molecule has 0 spiro atoms. The van der Waals surface area contributed by atoms with Crippen molar-refractivity contribution in [2.24, 2.45) is 5.92 Å².